The number of ether oxygens (including phenoxy) is 1. The number of aromatic nitrogens is 4. The minimum atomic E-state index is -0.401. The van der Waals surface area contributed by atoms with Crippen LogP contribution in [0.4, 0.5) is 0 Å². The highest BCUT2D eigenvalue weighted by molar-refractivity contribution is 5.89. The first-order chi connectivity index (χ1) is 17.4. The number of benzene rings is 2. The second-order valence-corrected chi connectivity index (χ2v) is 9.71. The summed E-state index contributed by atoms with van der Waals surface area (Å²) in [5.74, 6) is -0.0328. The standard InChI is InChI=1S/C28H30N4O4/c1-18(2)20-12-14-23(15-13-20)31-25-24(26(33)32(28(31)35)22-6-4-5-7-22)30(17-29-25)16-19-8-10-21(11-9-19)27(34)36-3/h8-15,17-18,22H,4-7,16H2,1-3H3. The highest BCUT2D eigenvalue weighted by Gasteiger charge is 2.26. The normalized spacial score (nSPS) is 14.1. The number of rotatable bonds is 6. The van der Waals surface area contributed by atoms with Gasteiger partial charge >= 0.3 is 11.7 Å². The van der Waals surface area contributed by atoms with Crippen LogP contribution in [0.25, 0.3) is 16.9 Å². The summed E-state index contributed by atoms with van der Waals surface area (Å²) in [7, 11) is 1.35. The van der Waals surface area contributed by atoms with E-state index in [0.29, 0.717) is 34.9 Å². The van der Waals surface area contributed by atoms with Gasteiger partial charge in [-0.25, -0.2) is 19.1 Å². The van der Waals surface area contributed by atoms with Gasteiger partial charge in [-0.1, -0.05) is 51.0 Å². The van der Waals surface area contributed by atoms with Gasteiger partial charge in [0.25, 0.3) is 5.56 Å². The number of carbonyl (C=O) groups excluding carboxylic acids is 1. The summed E-state index contributed by atoms with van der Waals surface area (Å²) in [6, 6.07) is 14.8. The van der Waals surface area contributed by atoms with Gasteiger partial charge in [0.1, 0.15) is 0 Å². The van der Waals surface area contributed by atoms with Crippen molar-refractivity contribution >= 4 is 17.1 Å². The lowest BCUT2D eigenvalue weighted by Gasteiger charge is -2.17. The maximum Gasteiger partial charge on any atom is 0.337 e. The Morgan fingerprint density at radius 2 is 1.69 bits per heavy atom. The monoisotopic (exact) mass is 486 g/mol. The molecule has 2 aromatic carbocycles. The third-order valence-electron chi connectivity index (χ3n) is 7.08. The summed E-state index contributed by atoms with van der Waals surface area (Å²) in [5, 5.41) is 0. The second-order valence-electron chi connectivity index (χ2n) is 9.71. The predicted molar refractivity (Wildman–Crippen MR) is 138 cm³/mol. The highest BCUT2D eigenvalue weighted by atomic mass is 16.5. The van der Waals surface area contributed by atoms with Crippen molar-refractivity contribution in [3.63, 3.8) is 0 Å². The largest absolute Gasteiger partial charge is 0.465 e. The molecule has 36 heavy (non-hydrogen) atoms. The first-order valence-corrected chi connectivity index (χ1v) is 12.4. The Morgan fingerprint density at radius 3 is 2.31 bits per heavy atom. The van der Waals surface area contributed by atoms with Crippen molar-refractivity contribution in [1.82, 2.24) is 18.7 Å². The van der Waals surface area contributed by atoms with Crippen LogP contribution in [-0.4, -0.2) is 31.8 Å². The Kier molecular flexibility index (Phi) is 6.35. The Labute approximate surface area is 208 Å². The molecular formula is C28H30N4O4. The van der Waals surface area contributed by atoms with E-state index in [1.54, 1.807) is 27.6 Å². The van der Waals surface area contributed by atoms with Gasteiger partial charge in [-0.2, -0.15) is 0 Å². The SMILES string of the molecule is COC(=O)c1ccc(Cn2cnc3c2c(=O)n(C2CCCC2)c(=O)n3-c2ccc(C(C)C)cc2)cc1. The molecule has 1 saturated carbocycles. The number of methoxy groups -OCH3 is 1. The number of nitrogens with zero attached hydrogens (tertiary/aromatic N) is 4. The molecule has 8 nitrogen and oxygen atoms in total. The molecule has 0 atom stereocenters. The number of esters is 1. The average molecular weight is 487 g/mol. The lowest BCUT2D eigenvalue weighted by molar-refractivity contribution is 0.0600. The number of fused-ring (bicyclic) bond motifs is 1. The molecule has 1 fully saturated rings. The third-order valence-corrected chi connectivity index (χ3v) is 7.08. The number of carbonyl (C=O) groups is 1. The predicted octanol–water partition coefficient (Wildman–Crippen LogP) is 4.42. The van der Waals surface area contributed by atoms with Crippen LogP contribution >= 0.6 is 0 Å². The molecule has 0 amide bonds. The van der Waals surface area contributed by atoms with Crippen LogP contribution in [-0.2, 0) is 11.3 Å². The van der Waals surface area contributed by atoms with E-state index in [-0.39, 0.29) is 17.3 Å². The van der Waals surface area contributed by atoms with Crippen LogP contribution in [0.2, 0.25) is 0 Å². The molecule has 0 aliphatic heterocycles. The molecule has 1 aliphatic rings. The Hall–Kier alpha value is -3.94. The molecule has 8 heteroatoms. The van der Waals surface area contributed by atoms with E-state index in [2.05, 4.69) is 18.8 Å². The number of hydrogen-bond donors (Lipinski definition) is 0. The van der Waals surface area contributed by atoms with Crippen molar-refractivity contribution in [2.24, 2.45) is 0 Å². The Morgan fingerprint density at radius 1 is 1.03 bits per heavy atom. The molecule has 0 radical (unpaired) electrons. The van der Waals surface area contributed by atoms with Gasteiger partial charge in [-0.05, 0) is 54.2 Å². The van der Waals surface area contributed by atoms with Gasteiger partial charge in [0, 0.05) is 12.6 Å². The summed E-state index contributed by atoms with van der Waals surface area (Å²) >= 11 is 0. The maximum absolute atomic E-state index is 13.7. The topological polar surface area (TPSA) is 88.1 Å². The molecule has 2 aromatic heterocycles. The van der Waals surface area contributed by atoms with Crippen LogP contribution in [0.1, 0.15) is 73.0 Å². The first-order valence-electron chi connectivity index (χ1n) is 12.4. The summed E-state index contributed by atoms with van der Waals surface area (Å²) in [6.07, 6.45) is 5.25. The first kappa shape index (κ1) is 23.8. The van der Waals surface area contributed by atoms with Crippen molar-refractivity contribution in [2.75, 3.05) is 7.11 Å². The van der Waals surface area contributed by atoms with Crippen molar-refractivity contribution in [3.05, 3.63) is 92.4 Å². The smallest absolute Gasteiger partial charge is 0.337 e. The van der Waals surface area contributed by atoms with Crippen LogP contribution in [0.3, 0.4) is 0 Å². The molecule has 4 aromatic rings. The quantitative estimate of drug-likeness (QED) is 0.377. The zero-order valence-electron chi connectivity index (χ0n) is 20.8. The van der Waals surface area contributed by atoms with E-state index in [4.69, 9.17) is 4.74 Å². The fraction of sp³-hybridized carbons (Fsp3) is 0.357. The van der Waals surface area contributed by atoms with Gasteiger partial charge in [-0.3, -0.25) is 9.36 Å². The number of hydrogen-bond acceptors (Lipinski definition) is 5. The Bertz CT molecular complexity index is 1520. The van der Waals surface area contributed by atoms with Gasteiger partial charge in [0.05, 0.1) is 24.7 Å². The van der Waals surface area contributed by atoms with Crippen molar-refractivity contribution in [2.45, 2.75) is 58.0 Å². The summed E-state index contributed by atoms with van der Waals surface area (Å²) in [6.45, 7) is 4.63. The Balaban J connectivity index is 1.66. The molecule has 0 unspecified atom stereocenters. The maximum atomic E-state index is 13.7. The van der Waals surface area contributed by atoms with Gasteiger partial charge in [0.2, 0.25) is 0 Å². The van der Waals surface area contributed by atoms with E-state index in [9.17, 15) is 14.4 Å². The van der Waals surface area contributed by atoms with Crippen LogP contribution in [0.5, 0.6) is 0 Å². The van der Waals surface area contributed by atoms with Crippen molar-refractivity contribution < 1.29 is 9.53 Å². The fourth-order valence-corrected chi connectivity index (χ4v) is 5.06. The molecule has 5 rings (SSSR count). The van der Waals surface area contributed by atoms with Gasteiger partial charge < -0.3 is 9.30 Å². The van der Waals surface area contributed by atoms with Crippen LogP contribution < -0.4 is 11.2 Å². The molecule has 1 aliphatic carbocycles. The summed E-state index contributed by atoms with van der Waals surface area (Å²) < 4.78 is 9.56. The van der Waals surface area contributed by atoms with E-state index in [0.717, 1.165) is 31.2 Å². The molecule has 186 valence electrons. The zero-order chi connectivity index (χ0) is 25.4. The van der Waals surface area contributed by atoms with Crippen molar-refractivity contribution in [3.8, 4) is 5.69 Å². The van der Waals surface area contributed by atoms with E-state index in [1.807, 2.05) is 36.4 Å². The average Bonchev–Trinajstić information content (AvgIpc) is 3.55. The summed E-state index contributed by atoms with van der Waals surface area (Å²) in [4.78, 5) is 43.8. The van der Waals surface area contributed by atoms with Crippen LogP contribution in [0, 0.1) is 0 Å². The zero-order valence-corrected chi connectivity index (χ0v) is 20.8. The number of imidazole rings is 1. The summed E-state index contributed by atoms with van der Waals surface area (Å²) in [5.41, 5.74) is 3.31. The van der Waals surface area contributed by atoms with Crippen molar-refractivity contribution in [1.29, 1.82) is 0 Å². The molecule has 0 N–H and O–H groups in total. The molecule has 0 spiro atoms. The van der Waals surface area contributed by atoms with Crippen LogP contribution in [0.15, 0.2) is 64.4 Å². The molecule has 0 bridgehead atoms. The minimum Gasteiger partial charge on any atom is -0.465 e. The minimum absolute atomic E-state index is 0.113. The second kappa shape index (κ2) is 9.60. The van der Waals surface area contributed by atoms with E-state index >= 15 is 0 Å². The highest BCUT2D eigenvalue weighted by Crippen LogP contribution is 2.28. The lowest BCUT2D eigenvalue weighted by Crippen LogP contribution is -2.41. The van der Waals surface area contributed by atoms with E-state index < -0.39 is 5.97 Å². The third kappa shape index (κ3) is 4.17. The van der Waals surface area contributed by atoms with E-state index in [1.165, 1.54) is 17.2 Å². The molecule has 2 heterocycles. The lowest BCUT2D eigenvalue weighted by atomic mass is 10.0. The fourth-order valence-electron chi connectivity index (χ4n) is 5.06. The van der Waals surface area contributed by atoms with Gasteiger partial charge in [-0.15, -0.1) is 0 Å². The molecular weight excluding hydrogens is 456 g/mol. The molecule has 0 saturated heterocycles. The van der Waals surface area contributed by atoms with Gasteiger partial charge in [0.15, 0.2) is 11.2 Å².